The number of benzene rings is 2. The first-order valence-corrected chi connectivity index (χ1v) is 12.0. The molecule has 1 aliphatic heterocycles. The van der Waals surface area contributed by atoms with Crippen molar-refractivity contribution in [3.63, 3.8) is 0 Å². The van der Waals surface area contributed by atoms with Crippen LogP contribution in [0.3, 0.4) is 0 Å². The molecule has 0 fully saturated rings. The van der Waals surface area contributed by atoms with Crippen LogP contribution in [0.1, 0.15) is 20.8 Å². The van der Waals surface area contributed by atoms with Gasteiger partial charge in [-0.05, 0) is 54.1 Å². The van der Waals surface area contributed by atoms with E-state index in [0.717, 1.165) is 29.1 Å². The molecule has 184 valence electrons. The Kier molecular flexibility index (Phi) is 6.57. The smallest absolute Gasteiger partial charge is 0.355 e. The van der Waals surface area contributed by atoms with Crippen molar-refractivity contribution in [2.75, 3.05) is 11.9 Å². The summed E-state index contributed by atoms with van der Waals surface area (Å²) < 4.78 is 39.6. The second-order valence-electron chi connectivity index (χ2n) is 7.94. The minimum Gasteiger partial charge on any atom is -0.355 e. The van der Waals surface area contributed by atoms with Crippen LogP contribution in [0.25, 0.3) is 16.6 Å². The van der Waals surface area contributed by atoms with E-state index >= 15 is 0 Å². The molecule has 1 aliphatic rings. The molecule has 0 saturated heterocycles. The Hall–Kier alpha value is -3.60. The summed E-state index contributed by atoms with van der Waals surface area (Å²) in [6.45, 7) is 0.287. The molecule has 0 saturated carbocycles. The first-order chi connectivity index (χ1) is 17.3. The standard InChI is InChI=1S/C25H18ClF3N4O2S/c26-23-8-7-22(36-23)24(34)31-13-17-12-20(33-35-17)14-1-4-16(5-2-14)32-19-9-10-30-21-11-15(25(27,28)29)3-6-18(19)21/h1-12,17,33H,13H2,(H,30,32)(H,31,34). The zero-order valence-electron chi connectivity index (χ0n) is 18.4. The predicted octanol–water partition coefficient (Wildman–Crippen LogP) is 6.39. The Morgan fingerprint density at radius 3 is 2.64 bits per heavy atom. The maximum Gasteiger partial charge on any atom is 0.416 e. The number of alkyl halides is 3. The van der Waals surface area contributed by atoms with Crippen LogP contribution in [0, 0.1) is 0 Å². The van der Waals surface area contributed by atoms with Crippen LogP contribution < -0.4 is 16.1 Å². The fraction of sp³-hybridized carbons (Fsp3) is 0.120. The van der Waals surface area contributed by atoms with Gasteiger partial charge in [-0.15, -0.1) is 11.3 Å². The molecule has 0 radical (unpaired) electrons. The molecular weight excluding hydrogens is 513 g/mol. The van der Waals surface area contributed by atoms with Crippen molar-refractivity contribution in [1.29, 1.82) is 0 Å². The summed E-state index contributed by atoms with van der Waals surface area (Å²) in [4.78, 5) is 22.3. The second kappa shape index (κ2) is 9.81. The minimum atomic E-state index is -4.43. The third kappa shape index (κ3) is 5.30. The molecule has 3 heterocycles. The minimum absolute atomic E-state index is 0.217. The lowest BCUT2D eigenvalue weighted by atomic mass is 10.1. The Labute approximate surface area is 212 Å². The SMILES string of the molecule is O=C(NCC1C=C(c2ccc(Nc3ccnc4cc(C(F)(F)F)ccc34)cc2)NO1)c1ccc(Cl)s1. The van der Waals surface area contributed by atoms with E-state index in [0.29, 0.717) is 20.3 Å². The Balaban J connectivity index is 1.24. The highest BCUT2D eigenvalue weighted by Gasteiger charge is 2.30. The molecule has 3 N–H and O–H groups in total. The van der Waals surface area contributed by atoms with Gasteiger partial charge >= 0.3 is 6.18 Å². The number of rotatable bonds is 6. The van der Waals surface area contributed by atoms with Gasteiger partial charge in [-0.1, -0.05) is 29.8 Å². The van der Waals surface area contributed by atoms with Gasteiger partial charge < -0.3 is 10.6 Å². The number of halogens is 4. The normalized spacial score (nSPS) is 15.4. The molecule has 4 aromatic rings. The molecule has 1 unspecified atom stereocenters. The van der Waals surface area contributed by atoms with Crippen LogP contribution in [0.15, 0.2) is 72.9 Å². The molecule has 2 aromatic heterocycles. The highest BCUT2D eigenvalue weighted by Crippen LogP contribution is 2.33. The van der Waals surface area contributed by atoms with Crippen molar-refractivity contribution in [3.05, 3.63) is 93.3 Å². The van der Waals surface area contributed by atoms with Crippen LogP contribution in [0.2, 0.25) is 4.34 Å². The van der Waals surface area contributed by atoms with Crippen LogP contribution in [0.5, 0.6) is 0 Å². The quantitative estimate of drug-likeness (QED) is 0.269. The predicted molar refractivity (Wildman–Crippen MR) is 134 cm³/mol. The zero-order valence-corrected chi connectivity index (χ0v) is 20.0. The second-order valence-corrected chi connectivity index (χ2v) is 9.66. The molecule has 0 spiro atoms. The number of nitrogens with zero attached hydrogens (tertiary/aromatic N) is 1. The summed E-state index contributed by atoms with van der Waals surface area (Å²) in [6.07, 6.45) is -1.43. The number of anilines is 2. The third-order valence-corrected chi connectivity index (χ3v) is 6.71. The van der Waals surface area contributed by atoms with Gasteiger partial charge in [0.25, 0.3) is 5.91 Å². The Morgan fingerprint density at radius 1 is 1.11 bits per heavy atom. The first kappa shape index (κ1) is 24.1. The summed E-state index contributed by atoms with van der Waals surface area (Å²) in [7, 11) is 0. The largest absolute Gasteiger partial charge is 0.416 e. The van der Waals surface area contributed by atoms with E-state index in [1.807, 2.05) is 30.3 Å². The molecular formula is C25H18ClF3N4O2S. The Bertz CT molecular complexity index is 1450. The maximum atomic E-state index is 13.0. The number of carbonyl (C=O) groups is 1. The van der Waals surface area contributed by atoms with Crippen molar-refractivity contribution < 1.29 is 22.8 Å². The van der Waals surface area contributed by atoms with Gasteiger partial charge in [0.2, 0.25) is 0 Å². The summed E-state index contributed by atoms with van der Waals surface area (Å²) >= 11 is 7.08. The molecule has 36 heavy (non-hydrogen) atoms. The van der Waals surface area contributed by atoms with Gasteiger partial charge in [-0.2, -0.15) is 13.2 Å². The van der Waals surface area contributed by atoms with Crippen molar-refractivity contribution in [2.24, 2.45) is 0 Å². The summed E-state index contributed by atoms with van der Waals surface area (Å²) in [5, 5.41) is 6.63. The average Bonchev–Trinajstić information content (AvgIpc) is 3.52. The van der Waals surface area contributed by atoms with Crippen molar-refractivity contribution in [2.45, 2.75) is 12.3 Å². The molecule has 0 aliphatic carbocycles. The van der Waals surface area contributed by atoms with Crippen LogP contribution in [-0.4, -0.2) is 23.5 Å². The number of hydroxylamine groups is 1. The molecule has 1 atom stereocenters. The van der Waals surface area contributed by atoms with Crippen LogP contribution in [-0.2, 0) is 11.0 Å². The van der Waals surface area contributed by atoms with Gasteiger partial charge in [0.15, 0.2) is 0 Å². The number of fused-ring (bicyclic) bond motifs is 1. The molecule has 1 amide bonds. The Morgan fingerprint density at radius 2 is 1.92 bits per heavy atom. The number of hydrogen-bond donors (Lipinski definition) is 3. The molecule has 0 bridgehead atoms. The zero-order chi connectivity index (χ0) is 25.3. The van der Waals surface area contributed by atoms with Crippen LogP contribution >= 0.6 is 22.9 Å². The van der Waals surface area contributed by atoms with E-state index in [2.05, 4.69) is 21.1 Å². The summed E-state index contributed by atoms with van der Waals surface area (Å²) in [5.74, 6) is -0.217. The first-order valence-electron chi connectivity index (χ1n) is 10.8. The number of pyridine rings is 1. The lowest BCUT2D eigenvalue weighted by Gasteiger charge is -2.12. The number of amides is 1. The molecule has 6 nitrogen and oxygen atoms in total. The highest BCUT2D eigenvalue weighted by atomic mass is 35.5. The van der Waals surface area contributed by atoms with E-state index in [1.54, 1.807) is 18.2 Å². The van der Waals surface area contributed by atoms with E-state index in [-0.39, 0.29) is 24.1 Å². The molecule has 2 aromatic carbocycles. The number of thiophene rings is 1. The molecule has 5 rings (SSSR count). The summed E-state index contributed by atoms with van der Waals surface area (Å²) in [5.41, 5.74) is 5.41. The highest BCUT2D eigenvalue weighted by molar-refractivity contribution is 7.18. The number of nitrogens with one attached hydrogen (secondary N) is 3. The number of aromatic nitrogens is 1. The number of hydrogen-bond acceptors (Lipinski definition) is 6. The van der Waals surface area contributed by atoms with Crippen molar-refractivity contribution in [1.82, 2.24) is 15.8 Å². The van der Waals surface area contributed by atoms with Gasteiger partial charge in [-0.3, -0.25) is 20.1 Å². The van der Waals surface area contributed by atoms with Gasteiger partial charge in [0.1, 0.15) is 6.10 Å². The maximum absolute atomic E-state index is 13.0. The summed E-state index contributed by atoms with van der Waals surface area (Å²) in [6, 6.07) is 16.0. The van der Waals surface area contributed by atoms with E-state index < -0.39 is 11.7 Å². The van der Waals surface area contributed by atoms with Crippen molar-refractivity contribution >= 4 is 56.8 Å². The van der Waals surface area contributed by atoms with Gasteiger partial charge in [-0.25, -0.2) is 0 Å². The monoisotopic (exact) mass is 530 g/mol. The fourth-order valence-corrected chi connectivity index (χ4v) is 4.65. The lowest BCUT2D eigenvalue weighted by Crippen LogP contribution is -2.31. The topological polar surface area (TPSA) is 75.3 Å². The third-order valence-electron chi connectivity index (χ3n) is 5.48. The molecule has 11 heteroatoms. The van der Waals surface area contributed by atoms with Crippen LogP contribution in [0.4, 0.5) is 24.5 Å². The van der Waals surface area contributed by atoms with Crippen molar-refractivity contribution in [3.8, 4) is 0 Å². The lowest BCUT2D eigenvalue weighted by molar-refractivity contribution is -0.137. The van der Waals surface area contributed by atoms with E-state index in [4.69, 9.17) is 16.4 Å². The average molecular weight is 531 g/mol. The number of carbonyl (C=O) groups excluding carboxylic acids is 1. The van der Waals surface area contributed by atoms with Gasteiger partial charge in [0.05, 0.1) is 32.5 Å². The fourth-order valence-electron chi connectivity index (χ4n) is 3.69. The van der Waals surface area contributed by atoms with E-state index in [9.17, 15) is 18.0 Å². The van der Waals surface area contributed by atoms with E-state index in [1.165, 1.54) is 23.6 Å². The van der Waals surface area contributed by atoms with Gasteiger partial charge in [0, 0.05) is 23.0 Å².